The van der Waals surface area contributed by atoms with Gasteiger partial charge in [0.2, 0.25) is 0 Å². The molecule has 1 saturated carbocycles. The third-order valence-corrected chi connectivity index (χ3v) is 5.98. The van der Waals surface area contributed by atoms with Crippen LogP contribution in [-0.2, 0) is 13.1 Å². The Balaban J connectivity index is 1.78. The van der Waals surface area contributed by atoms with Crippen LogP contribution in [0, 0.1) is 5.92 Å². The van der Waals surface area contributed by atoms with Crippen LogP contribution in [0.4, 0.5) is 5.69 Å². The minimum Gasteiger partial charge on any atom is -0.374 e. The maximum atomic E-state index is 12.5. The van der Waals surface area contributed by atoms with E-state index in [1.165, 1.54) is 23.9 Å². The molecule has 0 saturated heterocycles. The molecule has 0 radical (unpaired) electrons. The first-order valence-electron chi connectivity index (χ1n) is 6.86. The quantitative estimate of drug-likeness (QED) is 0.837. The van der Waals surface area contributed by atoms with Crippen molar-refractivity contribution in [3.63, 3.8) is 0 Å². The van der Waals surface area contributed by atoms with E-state index in [1.807, 2.05) is 11.4 Å². The van der Waals surface area contributed by atoms with Crippen LogP contribution in [0.15, 0.2) is 26.9 Å². The SMILES string of the molecule is O=c1c(NCc2sccc2Br)c(Cl)cnn1CC1CCC1. The molecule has 1 aliphatic rings. The molecule has 0 bridgehead atoms. The van der Waals surface area contributed by atoms with Gasteiger partial charge in [-0.05, 0) is 46.1 Å². The van der Waals surface area contributed by atoms with Crippen LogP contribution in [0.1, 0.15) is 24.1 Å². The van der Waals surface area contributed by atoms with Crippen LogP contribution in [0.5, 0.6) is 0 Å². The van der Waals surface area contributed by atoms with Crippen molar-refractivity contribution in [2.45, 2.75) is 32.4 Å². The number of nitrogens with one attached hydrogen (secondary N) is 1. The third kappa shape index (κ3) is 3.33. The van der Waals surface area contributed by atoms with Crippen molar-refractivity contribution in [2.75, 3.05) is 5.32 Å². The second kappa shape index (κ2) is 6.50. The molecule has 2 aromatic heterocycles. The lowest BCUT2D eigenvalue weighted by molar-refractivity contribution is 0.262. The zero-order valence-corrected chi connectivity index (χ0v) is 14.5. The number of nitrogens with zero attached hydrogens (tertiary/aromatic N) is 2. The summed E-state index contributed by atoms with van der Waals surface area (Å²) in [4.78, 5) is 13.6. The predicted octanol–water partition coefficient (Wildman–Crippen LogP) is 4.13. The molecule has 4 nitrogen and oxygen atoms in total. The number of rotatable bonds is 5. The number of aromatic nitrogens is 2. The fourth-order valence-electron chi connectivity index (χ4n) is 2.30. The molecule has 1 aliphatic carbocycles. The Bertz CT molecular complexity index is 696. The molecule has 7 heteroatoms. The van der Waals surface area contributed by atoms with Gasteiger partial charge in [-0.1, -0.05) is 18.0 Å². The average Bonchev–Trinajstić information content (AvgIpc) is 2.81. The highest BCUT2D eigenvalue weighted by Gasteiger charge is 2.20. The van der Waals surface area contributed by atoms with E-state index >= 15 is 0 Å². The predicted molar refractivity (Wildman–Crippen MR) is 90.2 cm³/mol. The van der Waals surface area contributed by atoms with Gasteiger partial charge in [-0.3, -0.25) is 4.79 Å². The topological polar surface area (TPSA) is 46.9 Å². The first-order chi connectivity index (χ1) is 10.1. The molecular weight excluding hydrogens is 374 g/mol. The fourth-order valence-corrected chi connectivity index (χ4v) is 3.92. The van der Waals surface area contributed by atoms with Gasteiger partial charge in [-0.25, -0.2) is 4.68 Å². The summed E-state index contributed by atoms with van der Waals surface area (Å²) in [7, 11) is 0. The third-order valence-electron chi connectivity index (χ3n) is 3.77. The van der Waals surface area contributed by atoms with Crippen molar-refractivity contribution in [1.29, 1.82) is 0 Å². The zero-order valence-electron chi connectivity index (χ0n) is 11.3. The largest absolute Gasteiger partial charge is 0.374 e. The maximum Gasteiger partial charge on any atom is 0.291 e. The van der Waals surface area contributed by atoms with Crippen LogP contribution in [0.25, 0.3) is 0 Å². The first kappa shape index (κ1) is 15.1. The van der Waals surface area contributed by atoms with Crippen LogP contribution in [-0.4, -0.2) is 9.78 Å². The summed E-state index contributed by atoms with van der Waals surface area (Å²) in [5.74, 6) is 0.579. The van der Waals surface area contributed by atoms with Gasteiger partial charge in [0.1, 0.15) is 5.69 Å². The Hall–Kier alpha value is -0.850. The fraction of sp³-hybridized carbons (Fsp3) is 0.429. The second-order valence-corrected chi connectivity index (χ2v) is 7.46. The molecule has 2 heterocycles. The van der Waals surface area contributed by atoms with E-state index in [1.54, 1.807) is 17.5 Å². The Morgan fingerprint density at radius 3 is 2.95 bits per heavy atom. The zero-order chi connectivity index (χ0) is 14.8. The molecule has 2 aromatic rings. The van der Waals surface area contributed by atoms with Crippen molar-refractivity contribution in [3.05, 3.63) is 42.4 Å². The average molecular weight is 389 g/mol. The monoisotopic (exact) mass is 387 g/mol. The van der Waals surface area contributed by atoms with E-state index in [9.17, 15) is 4.79 Å². The van der Waals surface area contributed by atoms with Gasteiger partial charge in [-0.2, -0.15) is 5.10 Å². The van der Waals surface area contributed by atoms with Gasteiger partial charge in [0.15, 0.2) is 0 Å². The summed E-state index contributed by atoms with van der Waals surface area (Å²) in [5.41, 5.74) is 0.299. The summed E-state index contributed by atoms with van der Waals surface area (Å²) >= 11 is 11.2. The van der Waals surface area contributed by atoms with E-state index in [-0.39, 0.29) is 5.56 Å². The summed E-state index contributed by atoms with van der Waals surface area (Å²) in [5, 5.41) is 9.67. The van der Waals surface area contributed by atoms with E-state index in [4.69, 9.17) is 11.6 Å². The van der Waals surface area contributed by atoms with Crippen LogP contribution in [0.3, 0.4) is 0 Å². The molecule has 0 amide bonds. The number of hydrogen-bond acceptors (Lipinski definition) is 4. The van der Waals surface area contributed by atoms with E-state index < -0.39 is 0 Å². The highest BCUT2D eigenvalue weighted by Crippen LogP contribution is 2.28. The van der Waals surface area contributed by atoms with Crippen LogP contribution >= 0.6 is 38.9 Å². The van der Waals surface area contributed by atoms with Crippen LogP contribution < -0.4 is 10.9 Å². The Labute approximate surface area is 140 Å². The van der Waals surface area contributed by atoms with Crippen molar-refractivity contribution >= 4 is 44.6 Å². The van der Waals surface area contributed by atoms with Crippen molar-refractivity contribution in [1.82, 2.24) is 9.78 Å². The number of hydrogen-bond donors (Lipinski definition) is 1. The molecule has 0 spiro atoms. The van der Waals surface area contributed by atoms with Gasteiger partial charge < -0.3 is 5.32 Å². The van der Waals surface area contributed by atoms with Gasteiger partial charge in [0.05, 0.1) is 17.8 Å². The van der Waals surface area contributed by atoms with Crippen molar-refractivity contribution < 1.29 is 0 Å². The lowest BCUT2D eigenvalue weighted by Gasteiger charge is -2.25. The standard InChI is InChI=1S/C14H15BrClN3OS/c15-10-4-5-21-12(10)7-17-13-11(16)6-18-19(14(13)20)8-9-2-1-3-9/h4-6,9,17H,1-3,7-8H2. The van der Waals surface area contributed by atoms with Gasteiger partial charge in [0, 0.05) is 15.9 Å². The molecule has 0 aliphatic heterocycles. The molecule has 0 unspecified atom stereocenters. The number of anilines is 1. The van der Waals surface area contributed by atoms with E-state index in [0.29, 0.717) is 29.7 Å². The van der Waals surface area contributed by atoms with E-state index in [0.717, 1.165) is 9.35 Å². The lowest BCUT2D eigenvalue weighted by Crippen LogP contribution is -2.30. The first-order valence-corrected chi connectivity index (χ1v) is 8.91. The van der Waals surface area contributed by atoms with E-state index in [2.05, 4.69) is 26.3 Å². The summed E-state index contributed by atoms with van der Waals surface area (Å²) in [6, 6.07) is 1.99. The molecule has 21 heavy (non-hydrogen) atoms. The Kier molecular flexibility index (Phi) is 4.66. The molecule has 1 N–H and O–H groups in total. The number of thiophene rings is 1. The number of halogens is 2. The summed E-state index contributed by atoms with van der Waals surface area (Å²) in [6.45, 7) is 1.26. The lowest BCUT2D eigenvalue weighted by atomic mass is 9.85. The van der Waals surface area contributed by atoms with Crippen molar-refractivity contribution in [3.8, 4) is 0 Å². The van der Waals surface area contributed by atoms with Gasteiger partial charge in [0.25, 0.3) is 5.56 Å². The maximum absolute atomic E-state index is 12.5. The smallest absolute Gasteiger partial charge is 0.291 e. The molecule has 3 rings (SSSR count). The molecule has 112 valence electrons. The summed E-state index contributed by atoms with van der Waals surface area (Å²) in [6.07, 6.45) is 5.17. The highest BCUT2D eigenvalue weighted by atomic mass is 79.9. The minimum absolute atomic E-state index is 0.137. The van der Waals surface area contributed by atoms with Gasteiger partial charge >= 0.3 is 0 Å². The normalized spacial score (nSPS) is 15.0. The van der Waals surface area contributed by atoms with Crippen LogP contribution in [0.2, 0.25) is 5.02 Å². The Morgan fingerprint density at radius 1 is 1.52 bits per heavy atom. The summed E-state index contributed by atoms with van der Waals surface area (Å²) < 4.78 is 2.57. The molecule has 0 aromatic carbocycles. The molecule has 0 atom stereocenters. The van der Waals surface area contributed by atoms with Gasteiger partial charge in [-0.15, -0.1) is 11.3 Å². The Morgan fingerprint density at radius 2 is 2.33 bits per heavy atom. The minimum atomic E-state index is -0.137. The van der Waals surface area contributed by atoms with Crippen molar-refractivity contribution in [2.24, 2.45) is 5.92 Å². The second-order valence-electron chi connectivity index (χ2n) is 5.20. The molecular formula is C14H15BrClN3OS. The molecule has 1 fully saturated rings. The highest BCUT2D eigenvalue weighted by molar-refractivity contribution is 9.10.